The van der Waals surface area contributed by atoms with E-state index in [0.29, 0.717) is 24.7 Å². The van der Waals surface area contributed by atoms with Crippen LogP contribution in [0.1, 0.15) is 18.1 Å². The fourth-order valence-corrected chi connectivity index (χ4v) is 2.12. The minimum absolute atomic E-state index is 0.268. The first-order valence-electron chi connectivity index (χ1n) is 7.77. The molecule has 128 valence electrons. The molecule has 25 heavy (non-hydrogen) atoms. The maximum Gasteiger partial charge on any atom is 0.161 e. The van der Waals surface area contributed by atoms with Crippen molar-refractivity contribution in [2.75, 3.05) is 6.61 Å². The Morgan fingerprint density at radius 1 is 1.04 bits per heavy atom. The lowest BCUT2D eigenvalue weighted by Gasteiger charge is -2.12. The van der Waals surface area contributed by atoms with Gasteiger partial charge in [-0.1, -0.05) is 12.1 Å². The third-order valence-electron chi connectivity index (χ3n) is 3.32. The van der Waals surface area contributed by atoms with Crippen LogP contribution in [0.3, 0.4) is 0 Å². The zero-order valence-electron chi connectivity index (χ0n) is 13.7. The van der Waals surface area contributed by atoms with Crippen LogP contribution in [0, 0.1) is 5.82 Å². The van der Waals surface area contributed by atoms with Crippen LogP contribution in [-0.2, 0) is 6.61 Å². The van der Waals surface area contributed by atoms with E-state index in [2.05, 4.69) is 15.3 Å². The fourth-order valence-electron chi connectivity index (χ4n) is 2.12. The second-order valence-electron chi connectivity index (χ2n) is 5.14. The van der Waals surface area contributed by atoms with Crippen molar-refractivity contribution >= 4 is 6.21 Å². The molecule has 3 rings (SSSR count). The second kappa shape index (κ2) is 8.05. The van der Waals surface area contributed by atoms with Crippen LogP contribution in [0.15, 0.2) is 60.2 Å². The molecule has 0 aliphatic rings. The quantitative estimate of drug-likeness (QED) is 0.619. The van der Waals surface area contributed by atoms with Gasteiger partial charge in [0.05, 0.1) is 12.8 Å². The van der Waals surface area contributed by atoms with E-state index < -0.39 is 0 Å². The maximum atomic E-state index is 13.0. The van der Waals surface area contributed by atoms with Gasteiger partial charge in [-0.3, -0.25) is 0 Å². The van der Waals surface area contributed by atoms with Crippen molar-refractivity contribution in [2.45, 2.75) is 13.5 Å². The Hall–Kier alpha value is -3.22. The highest BCUT2D eigenvalue weighted by molar-refractivity contribution is 5.80. The Bertz CT molecular complexity index is 833. The lowest BCUT2D eigenvalue weighted by atomic mass is 10.2. The minimum atomic E-state index is -0.268. The molecule has 0 aliphatic heterocycles. The molecule has 1 aromatic heterocycles. The van der Waals surface area contributed by atoms with Crippen molar-refractivity contribution < 1.29 is 13.9 Å². The lowest BCUT2D eigenvalue weighted by molar-refractivity contribution is 0.269. The molecule has 0 amide bonds. The monoisotopic (exact) mass is 340 g/mol. The minimum Gasteiger partial charge on any atom is -0.490 e. The summed E-state index contributed by atoms with van der Waals surface area (Å²) in [5.74, 6) is 0.973. The maximum absolute atomic E-state index is 13.0. The number of aromatic nitrogens is 3. The summed E-state index contributed by atoms with van der Waals surface area (Å²) in [6, 6.07) is 11.7. The fraction of sp³-hybridized carbons (Fsp3) is 0.167. The molecule has 0 aliphatic carbocycles. The molecule has 0 saturated carbocycles. The molecular formula is C18H17FN4O2. The van der Waals surface area contributed by atoms with Gasteiger partial charge >= 0.3 is 0 Å². The average Bonchev–Trinajstić information content (AvgIpc) is 3.14. The Morgan fingerprint density at radius 3 is 2.52 bits per heavy atom. The van der Waals surface area contributed by atoms with Gasteiger partial charge in [-0.15, -0.1) is 10.2 Å². The Balaban J connectivity index is 1.73. The van der Waals surface area contributed by atoms with Crippen LogP contribution < -0.4 is 9.47 Å². The molecule has 0 saturated heterocycles. The third-order valence-corrected chi connectivity index (χ3v) is 3.32. The topological polar surface area (TPSA) is 61.5 Å². The molecule has 0 N–H and O–H groups in total. The van der Waals surface area contributed by atoms with Gasteiger partial charge < -0.3 is 9.47 Å². The van der Waals surface area contributed by atoms with Crippen LogP contribution in [0.25, 0.3) is 0 Å². The number of nitrogens with zero attached hydrogens (tertiary/aromatic N) is 4. The molecule has 0 radical (unpaired) electrons. The van der Waals surface area contributed by atoms with E-state index in [9.17, 15) is 4.39 Å². The molecule has 0 bridgehead atoms. The van der Waals surface area contributed by atoms with E-state index in [1.807, 2.05) is 25.1 Å². The SMILES string of the molecule is CCOc1cc(/C=N\n2cnnc2)ccc1OCc1ccc(F)cc1. The predicted octanol–water partition coefficient (Wildman–Crippen LogP) is 3.28. The largest absolute Gasteiger partial charge is 0.490 e. The molecule has 0 unspecified atom stereocenters. The van der Waals surface area contributed by atoms with Gasteiger partial charge in [0.2, 0.25) is 0 Å². The zero-order valence-corrected chi connectivity index (χ0v) is 13.7. The summed E-state index contributed by atoms with van der Waals surface area (Å²) in [6.07, 6.45) is 4.68. The molecule has 7 heteroatoms. The van der Waals surface area contributed by atoms with E-state index >= 15 is 0 Å². The van der Waals surface area contributed by atoms with Gasteiger partial charge in [-0.25, -0.2) is 9.07 Å². The Labute approximate surface area is 144 Å². The first-order chi connectivity index (χ1) is 12.2. The number of hydrogen-bond donors (Lipinski definition) is 0. The number of hydrogen-bond acceptors (Lipinski definition) is 5. The van der Waals surface area contributed by atoms with Gasteiger partial charge in [0.25, 0.3) is 0 Å². The number of benzene rings is 2. The van der Waals surface area contributed by atoms with Gasteiger partial charge in [0.1, 0.15) is 25.1 Å². The van der Waals surface area contributed by atoms with Crippen molar-refractivity contribution in [3.05, 3.63) is 72.1 Å². The van der Waals surface area contributed by atoms with Crippen molar-refractivity contribution in [1.29, 1.82) is 0 Å². The van der Waals surface area contributed by atoms with Crippen molar-refractivity contribution in [3.63, 3.8) is 0 Å². The second-order valence-corrected chi connectivity index (χ2v) is 5.14. The Morgan fingerprint density at radius 2 is 1.80 bits per heavy atom. The van der Waals surface area contributed by atoms with Crippen LogP contribution in [-0.4, -0.2) is 27.7 Å². The van der Waals surface area contributed by atoms with E-state index in [1.165, 1.54) is 29.5 Å². The smallest absolute Gasteiger partial charge is 0.161 e. The van der Waals surface area contributed by atoms with Gasteiger partial charge in [-0.05, 0) is 48.4 Å². The average molecular weight is 340 g/mol. The summed E-state index contributed by atoms with van der Waals surface area (Å²) in [4.78, 5) is 0. The molecule has 1 heterocycles. The van der Waals surface area contributed by atoms with Crippen LogP contribution in [0.2, 0.25) is 0 Å². The summed E-state index contributed by atoms with van der Waals surface area (Å²) in [6.45, 7) is 2.75. The van der Waals surface area contributed by atoms with E-state index in [1.54, 1.807) is 18.3 Å². The van der Waals surface area contributed by atoms with Crippen LogP contribution in [0.5, 0.6) is 11.5 Å². The number of rotatable bonds is 7. The summed E-state index contributed by atoms with van der Waals surface area (Å²) in [5, 5.41) is 11.6. The number of ether oxygens (including phenoxy) is 2. The molecule has 0 atom stereocenters. The third kappa shape index (κ3) is 4.63. The highest BCUT2D eigenvalue weighted by Gasteiger charge is 2.07. The predicted molar refractivity (Wildman–Crippen MR) is 91.4 cm³/mol. The normalized spacial score (nSPS) is 11.0. The van der Waals surface area contributed by atoms with Crippen LogP contribution in [0.4, 0.5) is 4.39 Å². The Kier molecular flexibility index (Phi) is 5.36. The summed E-state index contributed by atoms with van der Waals surface area (Å²) >= 11 is 0. The molecule has 3 aromatic rings. The first-order valence-corrected chi connectivity index (χ1v) is 7.77. The van der Waals surface area contributed by atoms with Crippen molar-refractivity contribution in [2.24, 2.45) is 5.10 Å². The van der Waals surface area contributed by atoms with Gasteiger partial charge in [0, 0.05) is 0 Å². The number of halogens is 1. The van der Waals surface area contributed by atoms with E-state index in [-0.39, 0.29) is 5.82 Å². The van der Waals surface area contributed by atoms with Gasteiger partial charge in [0.15, 0.2) is 11.5 Å². The lowest BCUT2D eigenvalue weighted by Crippen LogP contribution is -2.00. The highest BCUT2D eigenvalue weighted by Crippen LogP contribution is 2.29. The van der Waals surface area contributed by atoms with Gasteiger partial charge in [-0.2, -0.15) is 5.10 Å². The van der Waals surface area contributed by atoms with Crippen molar-refractivity contribution in [3.8, 4) is 11.5 Å². The summed E-state index contributed by atoms with van der Waals surface area (Å²) in [5.41, 5.74) is 1.73. The summed E-state index contributed by atoms with van der Waals surface area (Å²) in [7, 11) is 0. The standard InChI is InChI=1S/C18H17FN4O2/c1-2-24-18-9-15(10-22-23-12-20-21-13-23)5-8-17(18)25-11-14-3-6-16(19)7-4-14/h3-10,12-13H,2,11H2,1H3/b22-10-. The molecule has 2 aromatic carbocycles. The summed E-state index contributed by atoms with van der Waals surface area (Å²) < 4.78 is 25.9. The highest BCUT2D eigenvalue weighted by atomic mass is 19.1. The van der Waals surface area contributed by atoms with E-state index in [4.69, 9.17) is 9.47 Å². The molecular weight excluding hydrogens is 323 g/mol. The zero-order chi connectivity index (χ0) is 17.5. The first kappa shape index (κ1) is 16.6. The van der Waals surface area contributed by atoms with Crippen molar-refractivity contribution in [1.82, 2.24) is 14.9 Å². The van der Waals surface area contributed by atoms with E-state index in [0.717, 1.165) is 11.1 Å². The molecule has 6 nitrogen and oxygen atoms in total. The molecule has 0 fully saturated rings. The molecule has 0 spiro atoms. The van der Waals surface area contributed by atoms with Crippen LogP contribution >= 0.6 is 0 Å².